The number of hydrogen-bond acceptors (Lipinski definition) is 4. The quantitative estimate of drug-likeness (QED) is 0.150. The lowest BCUT2D eigenvalue weighted by Gasteiger charge is -2.23. The Morgan fingerprint density at radius 3 is 0.978 bits per heavy atom. The third kappa shape index (κ3) is 6.86. The van der Waals surface area contributed by atoms with Gasteiger partial charge in [-0.1, -0.05) is 157 Å². The van der Waals surface area contributed by atoms with Crippen LogP contribution in [-0.4, -0.2) is 10.2 Å². The molecule has 0 spiro atoms. The zero-order valence-electron chi connectivity index (χ0n) is 25.0. The molecule has 0 heterocycles. The smallest absolute Gasteiger partial charge is 0.177 e. The van der Waals surface area contributed by atoms with Gasteiger partial charge in [0.05, 0.1) is 11.4 Å². The van der Waals surface area contributed by atoms with E-state index in [4.69, 9.17) is 0 Å². The van der Waals surface area contributed by atoms with E-state index in [1.165, 1.54) is 0 Å². The Hall–Kier alpha value is -6.04. The van der Waals surface area contributed by atoms with Gasteiger partial charge in [0.15, 0.2) is 11.2 Å². The van der Waals surface area contributed by atoms with Crippen molar-refractivity contribution in [2.24, 2.45) is 10.2 Å². The summed E-state index contributed by atoms with van der Waals surface area (Å²) in [6, 6.07) is 52.5. The van der Waals surface area contributed by atoms with Gasteiger partial charge in [-0.25, -0.2) is 0 Å². The number of nitrogens with zero attached hydrogens (tertiary/aromatic N) is 2. The topological polar surface area (TPSA) is 65.2 Å². The van der Waals surface area contributed by atoms with E-state index in [1.807, 2.05) is 170 Å². The molecule has 0 aliphatic carbocycles. The van der Waals surface area contributed by atoms with Crippen LogP contribution in [0.1, 0.15) is 33.4 Å². The van der Waals surface area contributed by atoms with E-state index in [0.717, 1.165) is 0 Å². The summed E-state index contributed by atoms with van der Waals surface area (Å²) in [5.74, 6) is 12.5. The summed E-state index contributed by atoms with van der Waals surface area (Å²) in [5, 5.41) is 32.4. The number of benzene rings is 6. The molecule has 0 aromatic heterocycles. The molecule has 0 atom stereocenters. The molecular weight excluding hydrogens is 564 g/mol. The Morgan fingerprint density at radius 2 is 0.674 bits per heavy atom. The van der Waals surface area contributed by atoms with Gasteiger partial charge in [0.25, 0.3) is 0 Å². The second-order valence-electron chi connectivity index (χ2n) is 10.7. The molecule has 4 nitrogen and oxygen atoms in total. The Balaban J connectivity index is 1.25. The fraction of sp³-hybridized carbons (Fsp3) is 0.0476. The maximum atomic E-state index is 11.7. The first-order valence-corrected chi connectivity index (χ1v) is 14.9. The zero-order chi connectivity index (χ0) is 31.7. The largest absolute Gasteiger partial charge is 0.369 e. The van der Waals surface area contributed by atoms with Gasteiger partial charge in [-0.05, 0) is 36.4 Å². The highest BCUT2D eigenvalue weighted by molar-refractivity contribution is 5.53. The molecule has 0 aliphatic heterocycles. The minimum Gasteiger partial charge on any atom is -0.369 e. The first-order chi connectivity index (χ1) is 22.5. The summed E-state index contributed by atoms with van der Waals surface area (Å²) >= 11 is 0. The second-order valence-corrected chi connectivity index (χ2v) is 10.7. The van der Waals surface area contributed by atoms with Crippen LogP contribution in [0.4, 0.5) is 11.4 Å². The molecule has 0 saturated heterocycles. The van der Waals surface area contributed by atoms with Crippen molar-refractivity contribution < 1.29 is 10.2 Å². The fourth-order valence-electron chi connectivity index (χ4n) is 5.07. The van der Waals surface area contributed by atoms with E-state index in [9.17, 15) is 10.2 Å². The van der Waals surface area contributed by atoms with E-state index >= 15 is 0 Å². The third-order valence-corrected chi connectivity index (χ3v) is 7.51. The number of hydrogen-bond donors (Lipinski definition) is 2. The molecule has 2 N–H and O–H groups in total. The van der Waals surface area contributed by atoms with Crippen molar-refractivity contribution in [1.29, 1.82) is 0 Å². The molecule has 220 valence electrons. The van der Waals surface area contributed by atoms with Crippen molar-refractivity contribution in [1.82, 2.24) is 0 Å². The molecule has 6 aromatic rings. The summed E-state index contributed by atoms with van der Waals surface area (Å²) in [6.07, 6.45) is 0. The normalized spacial score (nSPS) is 11.3. The van der Waals surface area contributed by atoms with Crippen molar-refractivity contribution in [3.8, 4) is 23.7 Å². The first kappa shape index (κ1) is 30.0. The van der Waals surface area contributed by atoms with Gasteiger partial charge >= 0.3 is 0 Å². The summed E-state index contributed by atoms with van der Waals surface area (Å²) in [5.41, 5.74) is 2.45. The van der Waals surface area contributed by atoms with Crippen molar-refractivity contribution in [2.45, 2.75) is 11.2 Å². The summed E-state index contributed by atoms with van der Waals surface area (Å²) < 4.78 is 0. The highest BCUT2D eigenvalue weighted by Gasteiger charge is 2.30. The molecule has 6 rings (SSSR count). The Morgan fingerprint density at radius 1 is 0.370 bits per heavy atom. The van der Waals surface area contributed by atoms with E-state index in [1.54, 1.807) is 0 Å². The Bertz CT molecular complexity index is 1840. The lowest BCUT2D eigenvalue weighted by Crippen LogP contribution is -2.25. The van der Waals surface area contributed by atoms with Gasteiger partial charge in [0.2, 0.25) is 0 Å². The molecule has 0 amide bonds. The van der Waals surface area contributed by atoms with Crippen LogP contribution < -0.4 is 0 Å². The predicted molar refractivity (Wildman–Crippen MR) is 183 cm³/mol. The van der Waals surface area contributed by atoms with Gasteiger partial charge in [-0.2, -0.15) is 10.2 Å². The highest BCUT2D eigenvalue weighted by Crippen LogP contribution is 2.30. The summed E-state index contributed by atoms with van der Waals surface area (Å²) in [7, 11) is 0. The average molecular weight is 595 g/mol. The van der Waals surface area contributed by atoms with Crippen LogP contribution in [0.2, 0.25) is 0 Å². The van der Waals surface area contributed by atoms with E-state index < -0.39 is 11.2 Å². The highest BCUT2D eigenvalue weighted by atomic mass is 16.3. The molecule has 0 radical (unpaired) electrons. The maximum Gasteiger partial charge on any atom is 0.177 e. The van der Waals surface area contributed by atoms with Crippen LogP contribution in [0, 0.1) is 23.7 Å². The molecule has 6 aromatic carbocycles. The number of rotatable bonds is 6. The van der Waals surface area contributed by atoms with Crippen LogP contribution in [0.25, 0.3) is 0 Å². The zero-order valence-corrected chi connectivity index (χ0v) is 25.0. The van der Waals surface area contributed by atoms with E-state index in [2.05, 4.69) is 33.9 Å². The number of aliphatic hydroxyl groups is 2. The van der Waals surface area contributed by atoms with Crippen LogP contribution in [0.15, 0.2) is 180 Å². The minimum absolute atomic E-state index is 0.619. The third-order valence-electron chi connectivity index (χ3n) is 7.51. The van der Waals surface area contributed by atoms with Crippen LogP contribution in [0.3, 0.4) is 0 Å². The number of azo groups is 1. The van der Waals surface area contributed by atoms with Gasteiger partial charge in [0.1, 0.15) is 0 Å². The summed E-state index contributed by atoms with van der Waals surface area (Å²) in [6.45, 7) is 0. The molecule has 0 unspecified atom stereocenters. The predicted octanol–water partition coefficient (Wildman–Crippen LogP) is 8.68. The van der Waals surface area contributed by atoms with Crippen molar-refractivity contribution in [2.75, 3.05) is 0 Å². The van der Waals surface area contributed by atoms with E-state index in [0.29, 0.717) is 44.8 Å². The minimum atomic E-state index is -1.48. The monoisotopic (exact) mass is 594 g/mol. The molecule has 4 heteroatoms. The van der Waals surface area contributed by atoms with Crippen molar-refractivity contribution in [3.63, 3.8) is 0 Å². The Labute approximate surface area is 269 Å². The van der Waals surface area contributed by atoms with Gasteiger partial charge < -0.3 is 10.2 Å². The maximum absolute atomic E-state index is 11.7. The molecule has 0 fully saturated rings. The SMILES string of the molecule is OC(C#Cc1cccc(N=Nc2cccc(C#CC(O)(c3ccccc3)c3ccccc3)c2)c1)(c1ccccc1)c1ccccc1. The van der Waals surface area contributed by atoms with Crippen LogP contribution in [0.5, 0.6) is 0 Å². The van der Waals surface area contributed by atoms with Gasteiger partial charge in [-0.3, -0.25) is 0 Å². The van der Waals surface area contributed by atoms with Crippen LogP contribution >= 0.6 is 0 Å². The van der Waals surface area contributed by atoms with Gasteiger partial charge in [-0.15, -0.1) is 0 Å². The standard InChI is InChI=1S/C42H30N2O2/c45-41(35-17-5-1-6-18-35,36-19-7-2-8-20-36)29-27-33-15-13-25-39(31-33)43-44-40-26-14-16-34(32-40)28-30-42(46,37-21-9-3-10-22-37)38-23-11-4-12-24-38/h1-26,31-32,45-46H. The molecule has 0 saturated carbocycles. The van der Waals surface area contributed by atoms with Crippen molar-refractivity contribution >= 4 is 11.4 Å². The average Bonchev–Trinajstić information content (AvgIpc) is 3.14. The van der Waals surface area contributed by atoms with Crippen LogP contribution in [-0.2, 0) is 11.2 Å². The Kier molecular flexibility index (Phi) is 8.95. The lowest BCUT2D eigenvalue weighted by molar-refractivity contribution is 0.145. The summed E-state index contributed by atoms with van der Waals surface area (Å²) in [4.78, 5) is 0. The second kappa shape index (κ2) is 13.7. The molecular formula is C42H30N2O2. The lowest BCUT2D eigenvalue weighted by atomic mass is 9.86. The first-order valence-electron chi connectivity index (χ1n) is 14.9. The van der Waals surface area contributed by atoms with E-state index in [-0.39, 0.29) is 0 Å². The molecule has 0 aliphatic rings. The molecule has 0 bridgehead atoms. The van der Waals surface area contributed by atoms with Gasteiger partial charge in [0, 0.05) is 33.4 Å². The molecule has 46 heavy (non-hydrogen) atoms. The fourth-order valence-corrected chi connectivity index (χ4v) is 5.07. The van der Waals surface area contributed by atoms with Crippen molar-refractivity contribution in [3.05, 3.63) is 203 Å².